The summed E-state index contributed by atoms with van der Waals surface area (Å²) >= 11 is 1.58. The molecular weight excluding hydrogens is 424 g/mol. The number of rotatable bonds is 6. The Morgan fingerprint density at radius 3 is 2.66 bits per heavy atom. The number of nitrogens with zero attached hydrogens (tertiary/aromatic N) is 6. The molecule has 9 heteroatoms. The highest BCUT2D eigenvalue weighted by atomic mass is 32.1. The molecule has 0 aliphatic rings. The topological polar surface area (TPSA) is 87.8 Å². The Hall–Kier alpha value is -3.85. The highest BCUT2D eigenvalue weighted by Crippen LogP contribution is 2.36. The predicted molar refractivity (Wildman–Crippen MR) is 123 cm³/mol. The maximum atomic E-state index is 6.00. The molecule has 0 aliphatic heterocycles. The lowest BCUT2D eigenvalue weighted by Gasteiger charge is -2.12. The van der Waals surface area contributed by atoms with Crippen molar-refractivity contribution in [2.45, 2.75) is 13.5 Å². The standard InChI is InChI=1S/C23H20N6O2S/c1-14-18(26-13-32-14)11-31-23-19(30-3)9-17-22(27-23)21(25-12-24-17)16-10-29(2)28-20(16)15-7-5-4-6-8-15/h4-10,12-13H,11H2,1-3H3. The normalized spacial score (nSPS) is 11.1. The molecule has 32 heavy (non-hydrogen) atoms. The van der Waals surface area contributed by atoms with Gasteiger partial charge in [0.25, 0.3) is 5.88 Å². The van der Waals surface area contributed by atoms with Crippen molar-refractivity contribution in [1.29, 1.82) is 0 Å². The van der Waals surface area contributed by atoms with Gasteiger partial charge in [0.15, 0.2) is 5.75 Å². The Labute approximate surface area is 188 Å². The van der Waals surface area contributed by atoms with Gasteiger partial charge >= 0.3 is 0 Å². The fraction of sp³-hybridized carbons (Fsp3) is 0.174. The summed E-state index contributed by atoms with van der Waals surface area (Å²) in [7, 11) is 3.47. The number of methoxy groups -OCH3 is 1. The zero-order valence-corrected chi connectivity index (χ0v) is 18.6. The van der Waals surface area contributed by atoms with Crippen molar-refractivity contribution < 1.29 is 9.47 Å². The van der Waals surface area contributed by atoms with Crippen molar-refractivity contribution in [2.75, 3.05) is 7.11 Å². The molecular formula is C23H20N6O2S. The van der Waals surface area contributed by atoms with Crippen LogP contribution in [0.2, 0.25) is 0 Å². The van der Waals surface area contributed by atoms with Gasteiger partial charge in [-0.1, -0.05) is 30.3 Å². The molecule has 160 valence electrons. The molecule has 0 fully saturated rings. The lowest BCUT2D eigenvalue weighted by Crippen LogP contribution is -2.03. The van der Waals surface area contributed by atoms with Gasteiger partial charge in [-0.3, -0.25) is 4.68 Å². The maximum absolute atomic E-state index is 6.00. The fourth-order valence-electron chi connectivity index (χ4n) is 3.47. The van der Waals surface area contributed by atoms with Crippen molar-refractivity contribution in [3.63, 3.8) is 0 Å². The van der Waals surface area contributed by atoms with E-state index in [1.807, 2.05) is 56.6 Å². The molecule has 5 aromatic rings. The van der Waals surface area contributed by atoms with E-state index in [0.29, 0.717) is 35.0 Å². The van der Waals surface area contributed by atoms with Crippen LogP contribution in [0.25, 0.3) is 33.5 Å². The largest absolute Gasteiger partial charge is 0.491 e. The Morgan fingerprint density at radius 2 is 1.91 bits per heavy atom. The summed E-state index contributed by atoms with van der Waals surface area (Å²) < 4.78 is 13.3. The molecule has 0 bridgehead atoms. The lowest BCUT2D eigenvalue weighted by molar-refractivity contribution is 0.270. The SMILES string of the molecule is COc1cc2ncnc(-c3cn(C)nc3-c3ccccc3)c2nc1OCc1ncsc1C. The second-order valence-electron chi connectivity index (χ2n) is 7.16. The predicted octanol–water partition coefficient (Wildman–Crippen LogP) is 4.44. The quantitative estimate of drug-likeness (QED) is 0.382. The first-order chi connectivity index (χ1) is 15.6. The van der Waals surface area contributed by atoms with E-state index in [1.54, 1.807) is 28.6 Å². The average molecular weight is 445 g/mol. The van der Waals surface area contributed by atoms with Crippen LogP contribution in [0, 0.1) is 6.92 Å². The molecule has 0 spiro atoms. The zero-order chi connectivity index (χ0) is 22.1. The minimum atomic E-state index is 0.301. The van der Waals surface area contributed by atoms with E-state index in [9.17, 15) is 0 Å². The minimum Gasteiger partial charge on any atom is -0.491 e. The van der Waals surface area contributed by atoms with Crippen LogP contribution in [-0.4, -0.2) is 36.8 Å². The zero-order valence-electron chi connectivity index (χ0n) is 17.8. The van der Waals surface area contributed by atoms with Crippen LogP contribution < -0.4 is 9.47 Å². The van der Waals surface area contributed by atoms with Gasteiger partial charge in [0, 0.05) is 35.3 Å². The van der Waals surface area contributed by atoms with Gasteiger partial charge in [0.1, 0.15) is 29.8 Å². The van der Waals surface area contributed by atoms with Crippen LogP contribution in [0.15, 0.2) is 54.4 Å². The van der Waals surface area contributed by atoms with Crippen molar-refractivity contribution in [1.82, 2.24) is 29.7 Å². The fourth-order valence-corrected chi connectivity index (χ4v) is 4.06. The molecule has 0 unspecified atom stereocenters. The van der Waals surface area contributed by atoms with Crippen LogP contribution in [0.4, 0.5) is 0 Å². The number of hydrogen-bond acceptors (Lipinski definition) is 8. The molecule has 0 amide bonds. The third-order valence-corrected chi connectivity index (χ3v) is 5.88. The van der Waals surface area contributed by atoms with Crippen LogP contribution in [0.5, 0.6) is 11.6 Å². The number of ether oxygens (including phenoxy) is 2. The summed E-state index contributed by atoms with van der Waals surface area (Å²) in [5, 5.41) is 4.67. The molecule has 8 nitrogen and oxygen atoms in total. The third-order valence-electron chi connectivity index (χ3n) is 5.08. The van der Waals surface area contributed by atoms with E-state index in [1.165, 1.54) is 6.33 Å². The molecule has 5 rings (SSSR count). The highest BCUT2D eigenvalue weighted by molar-refractivity contribution is 7.09. The molecule has 4 aromatic heterocycles. The Balaban J connectivity index is 1.63. The molecule has 0 saturated carbocycles. The number of aryl methyl sites for hydroxylation is 2. The first kappa shape index (κ1) is 20.1. The van der Waals surface area contributed by atoms with Gasteiger partial charge in [-0.25, -0.2) is 19.9 Å². The first-order valence-electron chi connectivity index (χ1n) is 9.95. The number of pyridine rings is 1. The minimum absolute atomic E-state index is 0.301. The number of benzene rings is 1. The van der Waals surface area contributed by atoms with Gasteiger partial charge in [0.2, 0.25) is 0 Å². The summed E-state index contributed by atoms with van der Waals surface area (Å²) in [6.07, 6.45) is 3.47. The summed E-state index contributed by atoms with van der Waals surface area (Å²) in [4.78, 5) is 19.2. The van der Waals surface area contributed by atoms with Gasteiger partial charge in [0.05, 0.1) is 23.8 Å². The van der Waals surface area contributed by atoms with Gasteiger partial charge in [-0.05, 0) is 6.92 Å². The van der Waals surface area contributed by atoms with E-state index in [2.05, 4.69) is 20.1 Å². The smallest absolute Gasteiger partial charge is 0.258 e. The number of hydrogen-bond donors (Lipinski definition) is 0. The monoisotopic (exact) mass is 444 g/mol. The molecule has 0 radical (unpaired) electrons. The van der Waals surface area contributed by atoms with Crippen LogP contribution in [0.3, 0.4) is 0 Å². The Morgan fingerprint density at radius 1 is 1.06 bits per heavy atom. The summed E-state index contributed by atoms with van der Waals surface area (Å²) in [5.41, 5.74) is 7.32. The van der Waals surface area contributed by atoms with E-state index < -0.39 is 0 Å². The van der Waals surface area contributed by atoms with E-state index in [4.69, 9.17) is 14.5 Å². The van der Waals surface area contributed by atoms with Crippen LogP contribution in [0.1, 0.15) is 10.6 Å². The second kappa shape index (κ2) is 8.35. The Bertz CT molecular complexity index is 1400. The molecule has 0 N–H and O–H groups in total. The summed E-state index contributed by atoms with van der Waals surface area (Å²) in [6, 6.07) is 11.8. The molecule has 0 saturated heterocycles. The molecule has 0 aliphatic carbocycles. The number of fused-ring (bicyclic) bond motifs is 1. The lowest BCUT2D eigenvalue weighted by atomic mass is 10.0. The van der Waals surface area contributed by atoms with E-state index in [0.717, 1.165) is 27.4 Å². The van der Waals surface area contributed by atoms with Crippen molar-refractivity contribution in [3.8, 4) is 34.1 Å². The maximum Gasteiger partial charge on any atom is 0.258 e. The van der Waals surface area contributed by atoms with Crippen molar-refractivity contribution in [2.24, 2.45) is 7.05 Å². The number of thiazole rings is 1. The molecule has 4 heterocycles. The highest BCUT2D eigenvalue weighted by Gasteiger charge is 2.20. The van der Waals surface area contributed by atoms with Crippen LogP contribution in [-0.2, 0) is 13.7 Å². The van der Waals surface area contributed by atoms with Crippen molar-refractivity contribution >= 4 is 22.4 Å². The second-order valence-corrected chi connectivity index (χ2v) is 8.22. The molecule has 1 aromatic carbocycles. The Kier molecular flexibility index (Phi) is 5.24. The average Bonchev–Trinajstić information content (AvgIpc) is 3.42. The first-order valence-corrected chi connectivity index (χ1v) is 10.8. The number of aromatic nitrogens is 6. The summed E-state index contributed by atoms with van der Waals surface area (Å²) in [6.45, 7) is 2.32. The van der Waals surface area contributed by atoms with Gasteiger partial charge in [-0.15, -0.1) is 11.3 Å². The van der Waals surface area contributed by atoms with E-state index >= 15 is 0 Å². The van der Waals surface area contributed by atoms with E-state index in [-0.39, 0.29) is 0 Å². The summed E-state index contributed by atoms with van der Waals surface area (Å²) in [5.74, 6) is 0.873. The third kappa shape index (κ3) is 3.67. The van der Waals surface area contributed by atoms with Crippen molar-refractivity contribution in [3.05, 3.63) is 65.0 Å². The van der Waals surface area contributed by atoms with Crippen LogP contribution >= 0.6 is 11.3 Å². The van der Waals surface area contributed by atoms with Gasteiger partial charge in [-0.2, -0.15) is 5.10 Å². The van der Waals surface area contributed by atoms with Gasteiger partial charge < -0.3 is 9.47 Å². The molecule has 0 atom stereocenters.